The number of rotatable bonds is 6. The molecule has 17 heteroatoms. The number of para-hydroxylation sites is 1. The highest BCUT2D eigenvalue weighted by Crippen LogP contribution is 2.42. The summed E-state index contributed by atoms with van der Waals surface area (Å²) in [5, 5.41) is 12.9. The second-order valence-electron chi connectivity index (χ2n) is 6.94. The molecular weight excluding hydrogens is 577 g/mol. The third-order valence-corrected chi connectivity index (χ3v) is 6.56. The van der Waals surface area contributed by atoms with Gasteiger partial charge in [0, 0.05) is 0 Å². The van der Waals surface area contributed by atoms with Gasteiger partial charge in [-0.15, -0.1) is 0 Å². The van der Waals surface area contributed by atoms with Gasteiger partial charge in [-0.3, -0.25) is 4.79 Å². The van der Waals surface area contributed by atoms with Crippen LogP contribution in [0.25, 0.3) is 5.69 Å². The molecule has 1 heterocycles. The zero-order valence-electron chi connectivity index (χ0n) is 17.7. The Morgan fingerprint density at radius 1 is 1.08 bits per heavy atom. The molecular formula is C20H10Cl2F6N4O4S. The Bertz CT molecular complexity index is 1480. The molecule has 1 aromatic heterocycles. The lowest BCUT2D eigenvalue weighted by molar-refractivity contribution is -0.137. The normalized spacial score (nSPS) is 12.2. The van der Waals surface area contributed by atoms with Gasteiger partial charge in [-0.1, -0.05) is 41.4 Å². The fraction of sp³-hybridized carbons (Fsp3) is 0.150. The van der Waals surface area contributed by atoms with E-state index in [0.29, 0.717) is 12.1 Å². The summed E-state index contributed by atoms with van der Waals surface area (Å²) >= 11 is 11.8. The molecule has 0 bridgehead atoms. The first kappa shape index (κ1) is 28.1. The minimum absolute atomic E-state index is 0.167. The second kappa shape index (κ2) is 10.1. The van der Waals surface area contributed by atoms with Crippen molar-refractivity contribution in [2.24, 2.45) is 0 Å². The minimum Gasteiger partial charge on any atom is -0.484 e. The van der Waals surface area contributed by atoms with Crippen LogP contribution in [0, 0.1) is 11.3 Å². The number of ether oxygens (including phenoxy) is 1. The van der Waals surface area contributed by atoms with Crippen molar-refractivity contribution >= 4 is 44.8 Å². The first-order valence-corrected chi connectivity index (χ1v) is 11.7. The van der Waals surface area contributed by atoms with Gasteiger partial charge in [-0.2, -0.15) is 36.7 Å². The van der Waals surface area contributed by atoms with Crippen LogP contribution in [0.3, 0.4) is 0 Å². The van der Waals surface area contributed by atoms with Crippen molar-refractivity contribution in [3.8, 4) is 17.5 Å². The summed E-state index contributed by atoms with van der Waals surface area (Å²) < 4.78 is 110. The van der Waals surface area contributed by atoms with E-state index in [1.54, 1.807) is 18.2 Å². The predicted octanol–water partition coefficient (Wildman–Crippen LogP) is 5.38. The lowest BCUT2D eigenvalue weighted by Gasteiger charge is -2.16. The summed E-state index contributed by atoms with van der Waals surface area (Å²) in [5.74, 6) is -2.30. The molecule has 0 unspecified atom stereocenters. The quantitative estimate of drug-likeness (QED) is 0.388. The van der Waals surface area contributed by atoms with Crippen LogP contribution in [0.4, 0.5) is 32.2 Å². The van der Waals surface area contributed by atoms with Gasteiger partial charge in [0.2, 0.25) is 0 Å². The Morgan fingerprint density at radius 2 is 1.65 bits per heavy atom. The van der Waals surface area contributed by atoms with Crippen LogP contribution >= 0.6 is 23.2 Å². The molecule has 1 amide bonds. The molecule has 3 aromatic rings. The van der Waals surface area contributed by atoms with Crippen LogP contribution in [0.1, 0.15) is 11.3 Å². The Balaban J connectivity index is 2.21. The van der Waals surface area contributed by atoms with E-state index in [9.17, 15) is 44.8 Å². The van der Waals surface area contributed by atoms with Crippen molar-refractivity contribution in [3.63, 3.8) is 0 Å². The van der Waals surface area contributed by atoms with Crippen molar-refractivity contribution in [2.75, 3.05) is 11.9 Å². The summed E-state index contributed by atoms with van der Waals surface area (Å²) in [6.07, 6.45) is -4.93. The number of hydrogen-bond acceptors (Lipinski definition) is 6. The van der Waals surface area contributed by atoms with Crippen LogP contribution < -0.4 is 10.1 Å². The maximum atomic E-state index is 13.4. The van der Waals surface area contributed by atoms with E-state index in [0.717, 1.165) is 6.07 Å². The van der Waals surface area contributed by atoms with E-state index < -0.39 is 71.7 Å². The fourth-order valence-corrected chi connectivity index (χ4v) is 4.50. The molecule has 8 nitrogen and oxygen atoms in total. The molecule has 0 saturated carbocycles. The Labute approximate surface area is 213 Å². The highest BCUT2D eigenvalue weighted by molar-refractivity contribution is 7.92. The maximum Gasteiger partial charge on any atom is 0.502 e. The number of sulfone groups is 1. The zero-order chi connectivity index (χ0) is 27.8. The number of halogens is 8. The van der Waals surface area contributed by atoms with E-state index in [2.05, 4.69) is 5.10 Å². The van der Waals surface area contributed by atoms with E-state index in [1.165, 1.54) is 12.1 Å². The van der Waals surface area contributed by atoms with Gasteiger partial charge in [0.1, 0.15) is 17.5 Å². The van der Waals surface area contributed by atoms with Gasteiger partial charge in [0.05, 0.1) is 15.6 Å². The first-order valence-electron chi connectivity index (χ1n) is 9.46. The molecule has 3 rings (SSSR count). The number of amides is 1. The number of nitriles is 1. The molecule has 0 radical (unpaired) electrons. The number of anilines is 1. The summed E-state index contributed by atoms with van der Waals surface area (Å²) in [6.45, 7) is -0.850. The van der Waals surface area contributed by atoms with Crippen molar-refractivity contribution in [1.82, 2.24) is 9.78 Å². The van der Waals surface area contributed by atoms with Gasteiger partial charge >= 0.3 is 11.7 Å². The highest BCUT2D eigenvalue weighted by atomic mass is 35.5. The molecule has 196 valence electrons. The van der Waals surface area contributed by atoms with Gasteiger partial charge in [-0.25, -0.2) is 13.1 Å². The molecule has 0 spiro atoms. The number of alkyl halides is 6. The molecule has 0 saturated heterocycles. The van der Waals surface area contributed by atoms with Crippen LogP contribution in [0.5, 0.6) is 5.75 Å². The van der Waals surface area contributed by atoms with Crippen LogP contribution in [0.15, 0.2) is 47.4 Å². The number of carbonyl (C=O) groups is 1. The van der Waals surface area contributed by atoms with Crippen LogP contribution in [-0.4, -0.2) is 36.2 Å². The fourth-order valence-electron chi connectivity index (χ4n) is 2.88. The lowest BCUT2D eigenvalue weighted by Crippen LogP contribution is -2.27. The van der Waals surface area contributed by atoms with Crippen LogP contribution in [0.2, 0.25) is 10.0 Å². The molecule has 2 aromatic carbocycles. The number of nitrogens with one attached hydrogen (secondary N) is 1. The summed E-state index contributed by atoms with van der Waals surface area (Å²) in [5.41, 5.74) is -9.39. The number of nitrogens with zero attached hydrogens (tertiary/aromatic N) is 3. The number of hydrogen-bond donors (Lipinski definition) is 1. The van der Waals surface area contributed by atoms with Crippen molar-refractivity contribution in [1.29, 1.82) is 5.26 Å². The van der Waals surface area contributed by atoms with E-state index in [4.69, 9.17) is 27.9 Å². The lowest BCUT2D eigenvalue weighted by atomic mass is 10.2. The summed E-state index contributed by atoms with van der Waals surface area (Å²) in [4.78, 5) is 10.7. The van der Waals surface area contributed by atoms with Gasteiger partial charge in [-0.05, 0) is 24.3 Å². The molecule has 0 aliphatic carbocycles. The predicted molar refractivity (Wildman–Crippen MR) is 117 cm³/mol. The summed E-state index contributed by atoms with van der Waals surface area (Å²) in [7, 11) is -6.33. The highest BCUT2D eigenvalue weighted by Gasteiger charge is 2.51. The van der Waals surface area contributed by atoms with Gasteiger partial charge in [0.25, 0.3) is 15.7 Å². The third kappa shape index (κ3) is 5.76. The Kier molecular flexibility index (Phi) is 7.68. The minimum atomic E-state index is -6.33. The first-order chi connectivity index (χ1) is 17.1. The second-order valence-corrected chi connectivity index (χ2v) is 9.63. The van der Waals surface area contributed by atoms with Crippen molar-refractivity contribution < 1.29 is 44.3 Å². The van der Waals surface area contributed by atoms with Gasteiger partial charge < -0.3 is 10.1 Å². The summed E-state index contributed by atoms with van der Waals surface area (Å²) in [6, 6.07) is 9.43. The van der Waals surface area contributed by atoms with Crippen LogP contribution in [-0.2, 0) is 20.8 Å². The Hall–Kier alpha value is -3.48. The average molecular weight is 587 g/mol. The molecule has 0 aliphatic heterocycles. The largest absolute Gasteiger partial charge is 0.502 e. The monoisotopic (exact) mass is 586 g/mol. The molecule has 0 fully saturated rings. The number of aromatic nitrogens is 2. The molecule has 37 heavy (non-hydrogen) atoms. The third-order valence-electron chi connectivity index (χ3n) is 4.45. The SMILES string of the molecule is N#Cc1nn(-c2c(Cl)cc(C(F)(F)F)cc2Cl)c(NC(=O)COc2ccccc2)c1S(=O)(=O)C(F)(F)F. The average Bonchev–Trinajstić information content (AvgIpc) is 3.15. The van der Waals surface area contributed by atoms with Crippen molar-refractivity contribution in [3.05, 3.63) is 63.8 Å². The molecule has 1 N–H and O–H groups in total. The van der Waals surface area contributed by atoms with Crippen molar-refractivity contribution in [2.45, 2.75) is 16.6 Å². The number of benzene rings is 2. The standard InChI is InChI=1S/C20H10Cl2F6N4O4S/c21-12-6-10(19(23,24)25)7-13(22)16(12)32-18(30-15(33)9-36-11-4-2-1-3-5-11)17(14(8-29)31-32)37(34,35)20(26,27)28/h1-7H,9H2,(H,30,33). The maximum absolute atomic E-state index is 13.4. The topological polar surface area (TPSA) is 114 Å². The molecule has 0 atom stereocenters. The zero-order valence-corrected chi connectivity index (χ0v) is 20.0. The Morgan fingerprint density at radius 3 is 2.14 bits per heavy atom. The van der Waals surface area contributed by atoms with E-state index >= 15 is 0 Å². The van der Waals surface area contributed by atoms with Gasteiger partial charge in [0.15, 0.2) is 23.0 Å². The molecule has 0 aliphatic rings. The number of carbonyl (C=O) groups excluding carboxylic acids is 1. The van der Waals surface area contributed by atoms with E-state index in [-0.39, 0.29) is 10.4 Å². The van der Waals surface area contributed by atoms with E-state index in [1.807, 2.05) is 5.32 Å². The smallest absolute Gasteiger partial charge is 0.484 e.